The van der Waals surface area contributed by atoms with E-state index < -0.39 is 179 Å². The maximum absolute atomic E-state index is 12.7. The van der Waals surface area contributed by atoms with Crippen LogP contribution in [-0.2, 0) is 0 Å². The summed E-state index contributed by atoms with van der Waals surface area (Å²) in [5, 5.41) is 134. The van der Waals surface area contributed by atoms with Crippen LogP contribution in [0.5, 0.6) is 0 Å². The molecular formula is C12H8BN20O24-. The molecule has 45 heteroatoms. The number of rotatable bonds is 16. The molecule has 4 atom stereocenters. The van der Waals surface area contributed by atoms with E-state index in [0.717, 1.165) is 0 Å². The lowest BCUT2D eigenvalue weighted by molar-refractivity contribution is -0.754. The van der Waals surface area contributed by atoms with E-state index in [-0.39, 0.29) is 0 Å². The van der Waals surface area contributed by atoms with Gasteiger partial charge in [-0.25, -0.2) is 40.5 Å². The van der Waals surface area contributed by atoms with Crippen LogP contribution in [0.2, 0.25) is 0 Å². The molecule has 0 aromatic heterocycles. The molecule has 0 radical (unpaired) electrons. The van der Waals surface area contributed by atoms with Crippen molar-refractivity contribution in [3.63, 3.8) is 0 Å². The molecule has 57 heavy (non-hydrogen) atoms. The molecule has 4 heterocycles. The van der Waals surface area contributed by atoms with E-state index in [1.165, 1.54) is 0 Å². The molecule has 0 aromatic carbocycles. The highest BCUT2D eigenvalue weighted by molar-refractivity contribution is 6.70. The predicted octanol–water partition coefficient (Wildman–Crippen LogP) is -4.80. The average molecular weight is 827 g/mol. The van der Waals surface area contributed by atoms with Crippen molar-refractivity contribution in [3.8, 4) is 0 Å². The van der Waals surface area contributed by atoms with Gasteiger partial charge in [-0.05, 0) is 19.7 Å². The lowest BCUT2D eigenvalue weighted by Crippen LogP contribution is -2.86. The van der Waals surface area contributed by atoms with Crippen LogP contribution in [-0.4, -0.2) is 131 Å². The van der Waals surface area contributed by atoms with Gasteiger partial charge in [0, 0.05) is 0 Å². The molecule has 4 aliphatic rings. The first-order chi connectivity index (χ1) is 26.3. The van der Waals surface area contributed by atoms with Crippen molar-refractivity contribution in [2.45, 2.75) is 25.2 Å². The maximum atomic E-state index is 12.7. The van der Waals surface area contributed by atoms with Gasteiger partial charge in [-0.15, -0.1) is 0 Å². The van der Waals surface area contributed by atoms with E-state index in [1.54, 1.807) is 0 Å². The third kappa shape index (κ3) is 5.67. The molecule has 0 spiro atoms. The van der Waals surface area contributed by atoms with Gasteiger partial charge in [0.05, 0.1) is 44.5 Å². The van der Waals surface area contributed by atoms with Gasteiger partial charge in [-0.3, -0.25) is 40.5 Å². The molecule has 0 fully saturated rings. The van der Waals surface area contributed by atoms with Crippen molar-refractivity contribution >= 4 is 6.69 Å². The molecule has 4 unspecified atom stereocenters. The Morgan fingerprint density at radius 2 is 0.491 bits per heavy atom. The zero-order valence-electron chi connectivity index (χ0n) is 25.9. The average Bonchev–Trinajstić information content (AvgIpc) is 3.86. The lowest BCUT2D eigenvalue weighted by atomic mass is 9.64. The third-order valence-electron chi connectivity index (χ3n) is 7.74. The van der Waals surface area contributed by atoms with E-state index in [2.05, 4.69) is 0 Å². The molecule has 304 valence electrons. The summed E-state index contributed by atoms with van der Waals surface area (Å²) in [6.45, 7) is -6.17. The summed E-state index contributed by atoms with van der Waals surface area (Å²) in [4.78, 5) is 128. The Morgan fingerprint density at radius 1 is 0.333 bits per heavy atom. The smallest absolute Gasteiger partial charge is 0.382 e. The molecule has 44 nitrogen and oxygen atoms in total. The van der Waals surface area contributed by atoms with E-state index in [0.29, 0.717) is 0 Å². The summed E-state index contributed by atoms with van der Waals surface area (Å²) in [7, 11) is 0. The largest absolute Gasteiger partial charge is 0.460 e. The van der Waals surface area contributed by atoms with Crippen LogP contribution < -0.4 is 0 Å². The minimum atomic E-state index is -6.17. The Kier molecular flexibility index (Phi) is 9.35. The SMILES string of the molecule is O=[N+]([O-])C1=CN([B-](N2C=C([N+](=O)[O-])N([N+](=O)[O-])C2[N+](=O)[O-])(N2C=C([N+](=O)[O-])N([N+](=O)[O-])C2[N+](=O)[O-])N2C=C([N+](=O)[O-])N([N+](=O)[O-])C2[N+](=O)[O-])C([N+](=O)[O-])N1[N+](=O)[O-]. The van der Waals surface area contributed by atoms with Crippen LogP contribution >= 0.6 is 0 Å². The summed E-state index contributed by atoms with van der Waals surface area (Å²) in [6.07, 6.45) is -18.2. The van der Waals surface area contributed by atoms with Crippen LogP contribution in [0.25, 0.3) is 0 Å². The lowest BCUT2D eigenvalue weighted by Gasteiger charge is -2.57. The van der Waals surface area contributed by atoms with Crippen molar-refractivity contribution in [3.05, 3.63) is 169 Å². The van der Waals surface area contributed by atoms with Gasteiger partial charge in [0.1, 0.15) is 20.0 Å². The van der Waals surface area contributed by atoms with Crippen LogP contribution in [0.4, 0.5) is 0 Å². The first-order valence-corrected chi connectivity index (χ1v) is 13.3. The number of hydrogen-bond acceptors (Lipinski definition) is 28. The molecule has 0 aromatic rings. The van der Waals surface area contributed by atoms with Crippen LogP contribution in [0.15, 0.2) is 48.1 Å². The minimum Gasteiger partial charge on any atom is -0.382 e. The first-order valence-electron chi connectivity index (χ1n) is 13.3. The van der Waals surface area contributed by atoms with Gasteiger partial charge in [-0.1, -0.05) is 0 Å². The van der Waals surface area contributed by atoms with Gasteiger partial charge in [0.15, 0.2) is 0 Å². The van der Waals surface area contributed by atoms with E-state index in [4.69, 9.17) is 0 Å². The monoisotopic (exact) mass is 827 g/mol. The first kappa shape index (κ1) is 40.0. The van der Waals surface area contributed by atoms with Gasteiger partial charge in [-0.2, -0.15) is 0 Å². The zero-order valence-corrected chi connectivity index (χ0v) is 25.9. The van der Waals surface area contributed by atoms with Crippen LogP contribution in [0, 0.1) is 121 Å². The second-order valence-corrected chi connectivity index (χ2v) is 10.3. The molecule has 0 amide bonds. The number of hydrazine groups is 4. The quantitative estimate of drug-likeness (QED) is 0.0800. The molecule has 0 N–H and O–H groups in total. The fourth-order valence-electron chi connectivity index (χ4n) is 6.04. The summed E-state index contributed by atoms with van der Waals surface area (Å²) in [6, 6.07) is 0. The summed E-state index contributed by atoms with van der Waals surface area (Å²) in [5.74, 6) is -9.12. The Balaban J connectivity index is 2.50. The minimum absolute atomic E-state index is 0.598. The highest BCUT2D eigenvalue weighted by atomic mass is 16.7. The maximum Gasteiger partial charge on any atom is 0.460 e. The van der Waals surface area contributed by atoms with Gasteiger partial charge in [0.25, 0.3) is 20.1 Å². The Morgan fingerprint density at radius 3 is 0.596 bits per heavy atom. The second-order valence-electron chi connectivity index (χ2n) is 10.3. The molecule has 0 aliphatic carbocycles. The summed E-state index contributed by atoms with van der Waals surface area (Å²) < 4.78 is 0. The van der Waals surface area contributed by atoms with Crippen molar-refractivity contribution < 1.29 is 59.5 Å². The predicted molar refractivity (Wildman–Crippen MR) is 152 cm³/mol. The molecule has 4 rings (SSSR count). The van der Waals surface area contributed by atoms with Crippen LogP contribution in [0.3, 0.4) is 0 Å². The van der Waals surface area contributed by atoms with Crippen molar-refractivity contribution in [2.75, 3.05) is 0 Å². The van der Waals surface area contributed by atoms with Gasteiger partial charge in [0.2, 0.25) is 0 Å². The summed E-state index contributed by atoms with van der Waals surface area (Å²) >= 11 is 0. The molecule has 0 saturated heterocycles. The topological polar surface area (TPSA) is 544 Å². The summed E-state index contributed by atoms with van der Waals surface area (Å²) in [5.41, 5.74) is 0. The Labute approximate surface area is 301 Å². The standard InChI is InChI=1S/C12H8BN20O24/c34-22(35)5-1-14(9(26(42)43)18(5)30(50)51)13(15-2-6(23(36)37)19(31(52)53)10(15)27(44)45,16-3-7(24(38)39)20(32(54)55)11(16)28(46)47)17-4-8(25(40)41)21(33(56)57)12(17)29(48)49/h1-4,9-12H/q-1. The Bertz CT molecular complexity index is 1820. The fourth-order valence-corrected chi connectivity index (χ4v) is 6.04. The highest BCUT2D eigenvalue weighted by Gasteiger charge is 2.79. The molecule has 0 bridgehead atoms. The molecule has 4 aliphatic heterocycles. The number of nitrogens with zero attached hydrogens (tertiary/aromatic N) is 20. The highest BCUT2D eigenvalue weighted by Crippen LogP contribution is 2.46. The van der Waals surface area contributed by atoms with Crippen molar-refractivity contribution in [2.24, 2.45) is 0 Å². The Hall–Kier alpha value is -9.78. The van der Waals surface area contributed by atoms with Crippen molar-refractivity contribution in [1.82, 2.24) is 39.3 Å². The van der Waals surface area contributed by atoms with E-state index >= 15 is 0 Å². The fraction of sp³-hybridized carbons (Fsp3) is 0.333. The normalized spacial score (nSPS) is 22.6. The third-order valence-corrected chi connectivity index (χ3v) is 7.74. The van der Waals surface area contributed by atoms with Crippen LogP contribution in [0.1, 0.15) is 0 Å². The molecule has 0 saturated carbocycles. The van der Waals surface area contributed by atoms with Crippen molar-refractivity contribution in [1.29, 1.82) is 0 Å². The molecular weight excluding hydrogens is 819 g/mol. The zero-order chi connectivity index (χ0) is 43.5. The van der Waals surface area contributed by atoms with E-state index in [9.17, 15) is 121 Å². The van der Waals surface area contributed by atoms with Gasteiger partial charge >= 0.3 is 55.1 Å². The number of nitro groups is 12. The number of hydrogen-bond donors (Lipinski definition) is 0. The van der Waals surface area contributed by atoms with Gasteiger partial charge < -0.3 is 59.7 Å². The second kappa shape index (κ2) is 13.3. The van der Waals surface area contributed by atoms with E-state index in [1.807, 2.05) is 0 Å².